The number of benzene rings is 1. The molecule has 6 nitrogen and oxygen atoms in total. The van der Waals surface area contributed by atoms with E-state index in [-0.39, 0.29) is 11.9 Å². The molecule has 4 rings (SSSR count). The van der Waals surface area contributed by atoms with Gasteiger partial charge in [-0.05, 0) is 50.5 Å². The van der Waals surface area contributed by atoms with E-state index in [9.17, 15) is 4.79 Å². The number of amides is 1. The number of hydrogen-bond acceptors (Lipinski definition) is 5. The average Bonchev–Trinajstić information content (AvgIpc) is 3.46. The zero-order valence-corrected chi connectivity index (χ0v) is 17.1. The molecule has 1 amide bonds. The summed E-state index contributed by atoms with van der Waals surface area (Å²) in [6.45, 7) is 5.22. The molecule has 1 aliphatic rings. The van der Waals surface area contributed by atoms with E-state index in [0.717, 1.165) is 47.6 Å². The summed E-state index contributed by atoms with van der Waals surface area (Å²) in [4.78, 5) is 24.3. The summed E-state index contributed by atoms with van der Waals surface area (Å²) >= 11 is 0. The number of furan rings is 1. The maximum atomic E-state index is 12.4. The molecule has 1 fully saturated rings. The van der Waals surface area contributed by atoms with Crippen LogP contribution in [0.4, 0.5) is 5.82 Å². The molecule has 6 heteroatoms. The fourth-order valence-electron chi connectivity index (χ4n) is 3.38. The highest BCUT2D eigenvalue weighted by Crippen LogP contribution is 2.40. The minimum absolute atomic E-state index is 0.0598. The van der Waals surface area contributed by atoms with Gasteiger partial charge in [0, 0.05) is 30.3 Å². The van der Waals surface area contributed by atoms with Crippen LogP contribution in [0.2, 0.25) is 0 Å². The molecule has 1 aromatic carbocycles. The maximum Gasteiger partial charge on any atom is 0.221 e. The quantitative estimate of drug-likeness (QED) is 0.584. The van der Waals surface area contributed by atoms with Crippen molar-refractivity contribution < 1.29 is 9.21 Å². The van der Waals surface area contributed by atoms with Crippen molar-refractivity contribution in [2.24, 2.45) is 0 Å². The number of nitrogens with zero attached hydrogens (tertiary/aromatic N) is 3. The SMILES string of the molecule is CCC(C)NC(=O)CCN(Cc1ccco1)c1nc(C2CC2)nc2ccccc12. The highest BCUT2D eigenvalue weighted by Gasteiger charge is 2.28. The van der Waals surface area contributed by atoms with Gasteiger partial charge in [0.15, 0.2) is 0 Å². The molecule has 0 saturated heterocycles. The normalized spacial score (nSPS) is 14.7. The second-order valence-electron chi connectivity index (χ2n) is 7.82. The zero-order chi connectivity index (χ0) is 20.2. The highest BCUT2D eigenvalue weighted by molar-refractivity contribution is 5.89. The summed E-state index contributed by atoms with van der Waals surface area (Å²) in [5, 5.41) is 4.06. The van der Waals surface area contributed by atoms with Gasteiger partial charge in [0.1, 0.15) is 17.4 Å². The number of carbonyl (C=O) groups excluding carboxylic acids is 1. The van der Waals surface area contributed by atoms with Crippen LogP contribution < -0.4 is 10.2 Å². The van der Waals surface area contributed by atoms with Gasteiger partial charge in [-0.25, -0.2) is 9.97 Å². The fourth-order valence-corrected chi connectivity index (χ4v) is 3.38. The summed E-state index contributed by atoms with van der Waals surface area (Å²) in [5.74, 6) is 3.16. The van der Waals surface area contributed by atoms with Gasteiger partial charge in [0.05, 0.1) is 18.3 Å². The van der Waals surface area contributed by atoms with Gasteiger partial charge in [-0.2, -0.15) is 0 Å². The number of anilines is 1. The van der Waals surface area contributed by atoms with Crippen LogP contribution in [0.25, 0.3) is 10.9 Å². The number of nitrogens with one attached hydrogen (secondary N) is 1. The van der Waals surface area contributed by atoms with Crippen LogP contribution in [0, 0.1) is 0 Å². The molecule has 1 saturated carbocycles. The van der Waals surface area contributed by atoms with Gasteiger partial charge in [0.25, 0.3) is 0 Å². The Kier molecular flexibility index (Phi) is 5.79. The third-order valence-electron chi connectivity index (χ3n) is 5.40. The Labute approximate surface area is 171 Å². The Morgan fingerprint density at radius 1 is 1.24 bits per heavy atom. The number of carbonyl (C=O) groups is 1. The molecule has 2 aromatic heterocycles. The molecule has 1 atom stereocenters. The summed E-state index contributed by atoms with van der Waals surface area (Å²) < 4.78 is 5.59. The summed E-state index contributed by atoms with van der Waals surface area (Å²) in [6, 6.07) is 12.1. The minimum atomic E-state index is 0.0598. The molecule has 0 spiro atoms. The van der Waals surface area contributed by atoms with Crippen molar-refractivity contribution >= 4 is 22.6 Å². The Morgan fingerprint density at radius 3 is 2.79 bits per heavy atom. The molecular weight excluding hydrogens is 364 g/mol. The Hall–Kier alpha value is -2.89. The number of rotatable bonds is 9. The lowest BCUT2D eigenvalue weighted by Crippen LogP contribution is -2.35. The van der Waals surface area contributed by atoms with E-state index in [2.05, 4.69) is 23.2 Å². The molecule has 0 aliphatic heterocycles. The van der Waals surface area contributed by atoms with E-state index in [1.165, 1.54) is 0 Å². The topological polar surface area (TPSA) is 71.3 Å². The van der Waals surface area contributed by atoms with E-state index in [4.69, 9.17) is 14.4 Å². The molecule has 0 bridgehead atoms. The van der Waals surface area contributed by atoms with Gasteiger partial charge < -0.3 is 14.6 Å². The second-order valence-corrected chi connectivity index (χ2v) is 7.82. The lowest BCUT2D eigenvalue weighted by Gasteiger charge is -2.25. The van der Waals surface area contributed by atoms with Crippen LogP contribution in [-0.2, 0) is 11.3 Å². The van der Waals surface area contributed by atoms with Crippen molar-refractivity contribution in [3.63, 3.8) is 0 Å². The van der Waals surface area contributed by atoms with E-state index < -0.39 is 0 Å². The molecule has 152 valence electrons. The minimum Gasteiger partial charge on any atom is -0.467 e. The number of fused-ring (bicyclic) bond motifs is 1. The van der Waals surface area contributed by atoms with Crippen LogP contribution in [0.3, 0.4) is 0 Å². The Morgan fingerprint density at radius 2 is 2.07 bits per heavy atom. The first-order valence-electron chi connectivity index (χ1n) is 10.5. The van der Waals surface area contributed by atoms with E-state index >= 15 is 0 Å². The van der Waals surface area contributed by atoms with Crippen molar-refractivity contribution in [1.82, 2.24) is 15.3 Å². The zero-order valence-electron chi connectivity index (χ0n) is 17.1. The molecule has 1 aliphatic carbocycles. The predicted octanol–water partition coefficient (Wildman–Crippen LogP) is 4.41. The summed E-state index contributed by atoms with van der Waals surface area (Å²) in [7, 11) is 0. The second kappa shape index (κ2) is 8.64. The van der Waals surface area contributed by atoms with Gasteiger partial charge >= 0.3 is 0 Å². The number of aromatic nitrogens is 2. The lowest BCUT2D eigenvalue weighted by molar-refractivity contribution is -0.121. The van der Waals surface area contributed by atoms with Crippen LogP contribution in [0.1, 0.15) is 57.0 Å². The standard InChI is InChI=1S/C23H28N4O2/c1-3-16(2)24-21(28)12-13-27(15-18-7-6-14-29-18)23-19-8-4-5-9-20(19)25-22(26-23)17-10-11-17/h4-9,14,16-17H,3,10-13,15H2,1-2H3,(H,24,28). The first-order chi connectivity index (χ1) is 14.1. The first-order valence-corrected chi connectivity index (χ1v) is 10.5. The molecule has 29 heavy (non-hydrogen) atoms. The van der Waals surface area contributed by atoms with Crippen molar-refractivity contribution in [1.29, 1.82) is 0 Å². The van der Waals surface area contributed by atoms with E-state index in [1.54, 1.807) is 6.26 Å². The molecule has 1 unspecified atom stereocenters. The molecule has 0 radical (unpaired) electrons. The third kappa shape index (κ3) is 4.75. The van der Waals surface area contributed by atoms with Gasteiger partial charge in [-0.1, -0.05) is 19.1 Å². The van der Waals surface area contributed by atoms with Gasteiger partial charge in [0.2, 0.25) is 5.91 Å². The van der Waals surface area contributed by atoms with Gasteiger partial charge in [-0.15, -0.1) is 0 Å². The van der Waals surface area contributed by atoms with E-state index in [0.29, 0.717) is 25.4 Å². The Balaban J connectivity index is 1.64. The third-order valence-corrected chi connectivity index (χ3v) is 5.40. The first kappa shape index (κ1) is 19.4. The van der Waals surface area contributed by atoms with Crippen molar-refractivity contribution in [3.8, 4) is 0 Å². The average molecular weight is 393 g/mol. The largest absolute Gasteiger partial charge is 0.467 e. The fraction of sp³-hybridized carbons (Fsp3) is 0.435. The lowest BCUT2D eigenvalue weighted by atomic mass is 10.2. The van der Waals surface area contributed by atoms with Crippen LogP contribution in [-0.4, -0.2) is 28.5 Å². The van der Waals surface area contributed by atoms with E-state index in [1.807, 2.05) is 37.3 Å². The molecular formula is C23H28N4O2. The smallest absolute Gasteiger partial charge is 0.221 e. The number of hydrogen-bond donors (Lipinski definition) is 1. The van der Waals surface area contributed by atoms with Crippen LogP contribution in [0.5, 0.6) is 0 Å². The molecule has 1 N–H and O–H groups in total. The maximum absolute atomic E-state index is 12.4. The van der Waals surface area contributed by atoms with Gasteiger partial charge in [-0.3, -0.25) is 4.79 Å². The Bertz CT molecular complexity index is 966. The van der Waals surface area contributed by atoms with Crippen LogP contribution >= 0.6 is 0 Å². The number of para-hydroxylation sites is 1. The van der Waals surface area contributed by atoms with Crippen LogP contribution in [0.15, 0.2) is 47.1 Å². The van der Waals surface area contributed by atoms with Crippen molar-refractivity contribution in [3.05, 3.63) is 54.2 Å². The van der Waals surface area contributed by atoms with Crippen molar-refractivity contribution in [2.45, 2.75) is 58.0 Å². The highest BCUT2D eigenvalue weighted by atomic mass is 16.3. The summed E-state index contributed by atoms with van der Waals surface area (Å²) in [5.41, 5.74) is 0.952. The monoisotopic (exact) mass is 392 g/mol. The van der Waals surface area contributed by atoms with Crippen molar-refractivity contribution in [2.75, 3.05) is 11.4 Å². The summed E-state index contributed by atoms with van der Waals surface area (Å²) in [6.07, 6.45) is 5.29. The molecule has 2 heterocycles. The predicted molar refractivity (Wildman–Crippen MR) is 114 cm³/mol. The molecule has 3 aromatic rings.